The summed E-state index contributed by atoms with van der Waals surface area (Å²) in [5.74, 6) is 0.857. The lowest BCUT2D eigenvalue weighted by atomic mass is 9.88. The van der Waals surface area contributed by atoms with Crippen molar-refractivity contribution in [2.45, 2.75) is 38.7 Å². The Morgan fingerprint density at radius 3 is 2.75 bits per heavy atom. The zero-order valence-corrected chi connectivity index (χ0v) is 11.5. The highest BCUT2D eigenvalue weighted by Gasteiger charge is 2.29. The molecule has 1 aliphatic heterocycles. The monoisotopic (exact) mass is 230 g/mol. The molecule has 3 nitrogen and oxygen atoms in total. The molecule has 0 unspecified atom stereocenters. The van der Waals surface area contributed by atoms with Crippen molar-refractivity contribution >= 4 is 0 Å². The Labute approximate surface area is 101 Å². The second kappa shape index (κ2) is 6.58. The standard InChI is InChI=1S/C13H28N2O/c1-13(2)10-12(6-9-16-13)11-14-7-5-8-15(3)4/h12,14H,5-11H2,1-4H3/p+2/t12-/m0/s1. The zero-order chi connectivity index (χ0) is 12.0. The Balaban J connectivity index is 2.04. The van der Waals surface area contributed by atoms with Crippen LogP contribution in [0.2, 0.25) is 0 Å². The molecule has 0 saturated carbocycles. The lowest BCUT2D eigenvalue weighted by Crippen LogP contribution is -3.06. The third-order valence-corrected chi connectivity index (χ3v) is 3.38. The van der Waals surface area contributed by atoms with Crippen LogP contribution < -0.4 is 10.2 Å². The molecule has 0 amide bonds. The Morgan fingerprint density at radius 1 is 1.38 bits per heavy atom. The van der Waals surface area contributed by atoms with Gasteiger partial charge in [0.25, 0.3) is 0 Å². The minimum Gasteiger partial charge on any atom is -0.376 e. The summed E-state index contributed by atoms with van der Waals surface area (Å²) in [6, 6.07) is 0. The van der Waals surface area contributed by atoms with Gasteiger partial charge in [-0.25, -0.2) is 0 Å². The molecule has 1 fully saturated rings. The van der Waals surface area contributed by atoms with Crippen LogP contribution in [0.5, 0.6) is 0 Å². The Kier molecular flexibility index (Phi) is 5.73. The highest BCUT2D eigenvalue weighted by Crippen LogP contribution is 2.27. The first kappa shape index (κ1) is 13.9. The average molecular weight is 230 g/mol. The van der Waals surface area contributed by atoms with Crippen LogP contribution >= 0.6 is 0 Å². The maximum Gasteiger partial charge on any atom is 0.0821 e. The van der Waals surface area contributed by atoms with Gasteiger partial charge in [-0.05, 0) is 26.7 Å². The van der Waals surface area contributed by atoms with Crippen molar-refractivity contribution in [2.75, 3.05) is 40.3 Å². The van der Waals surface area contributed by atoms with E-state index in [0.29, 0.717) is 0 Å². The smallest absolute Gasteiger partial charge is 0.0821 e. The first-order valence-electron chi connectivity index (χ1n) is 6.74. The predicted octanol–water partition coefficient (Wildman–Crippen LogP) is -0.710. The summed E-state index contributed by atoms with van der Waals surface area (Å²) < 4.78 is 5.74. The van der Waals surface area contributed by atoms with Crippen LogP contribution in [0, 0.1) is 5.92 Å². The summed E-state index contributed by atoms with van der Waals surface area (Å²) in [6.45, 7) is 9.24. The quantitative estimate of drug-likeness (QED) is 0.580. The molecule has 0 aromatic carbocycles. The average Bonchev–Trinajstić information content (AvgIpc) is 2.15. The SMILES string of the molecule is C[NH+](C)CCC[NH2+]C[C@H]1CCOC(C)(C)C1. The second-order valence-corrected chi connectivity index (χ2v) is 6.09. The highest BCUT2D eigenvalue weighted by molar-refractivity contribution is 4.77. The minimum absolute atomic E-state index is 0.116. The summed E-state index contributed by atoms with van der Waals surface area (Å²) >= 11 is 0. The molecule has 0 aliphatic carbocycles. The molecular weight excluding hydrogens is 200 g/mol. The Morgan fingerprint density at radius 2 is 2.12 bits per heavy atom. The molecule has 0 aromatic heterocycles. The molecule has 1 heterocycles. The van der Waals surface area contributed by atoms with E-state index < -0.39 is 0 Å². The van der Waals surface area contributed by atoms with Gasteiger partial charge in [-0.15, -0.1) is 0 Å². The van der Waals surface area contributed by atoms with Crippen molar-refractivity contribution in [1.82, 2.24) is 0 Å². The molecule has 96 valence electrons. The first-order chi connectivity index (χ1) is 7.49. The van der Waals surface area contributed by atoms with Crippen LogP contribution in [0.1, 0.15) is 33.1 Å². The zero-order valence-electron chi connectivity index (χ0n) is 11.5. The van der Waals surface area contributed by atoms with Crippen molar-refractivity contribution in [3.05, 3.63) is 0 Å². The van der Waals surface area contributed by atoms with Gasteiger partial charge in [0, 0.05) is 18.9 Å². The van der Waals surface area contributed by atoms with E-state index in [9.17, 15) is 0 Å². The number of nitrogens with one attached hydrogen (secondary N) is 1. The molecule has 3 N–H and O–H groups in total. The van der Waals surface area contributed by atoms with E-state index in [2.05, 4.69) is 33.3 Å². The van der Waals surface area contributed by atoms with Gasteiger partial charge >= 0.3 is 0 Å². The normalized spacial score (nSPS) is 24.9. The van der Waals surface area contributed by atoms with Gasteiger partial charge in [0.1, 0.15) is 0 Å². The van der Waals surface area contributed by atoms with Crippen molar-refractivity contribution in [2.24, 2.45) is 5.92 Å². The van der Waals surface area contributed by atoms with Crippen LogP contribution in [0.25, 0.3) is 0 Å². The van der Waals surface area contributed by atoms with E-state index in [4.69, 9.17) is 4.74 Å². The fraction of sp³-hybridized carbons (Fsp3) is 1.00. The second-order valence-electron chi connectivity index (χ2n) is 6.09. The summed E-state index contributed by atoms with van der Waals surface area (Å²) in [5, 5.41) is 2.50. The van der Waals surface area contributed by atoms with E-state index in [0.717, 1.165) is 12.5 Å². The maximum absolute atomic E-state index is 5.74. The van der Waals surface area contributed by atoms with Gasteiger partial charge in [-0.1, -0.05) is 0 Å². The highest BCUT2D eigenvalue weighted by atomic mass is 16.5. The number of nitrogens with two attached hydrogens (primary N) is 1. The van der Waals surface area contributed by atoms with Gasteiger partial charge in [0.05, 0.1) is 39.3 Å². The molecule has 0 spiro atoms. The van der Waals surface area contributed by atoms with Gasteiger partial charge in [0.15, 0.2) is 0 Å². The van der Waals surface area contributed by atoms with Crippen LogP contribution in [-0.4, -0.2) is 45.9 Å². The van der Waals surface area contributed by atoms with E-state index >= 15 is 0 Å². The molecule has 16 heavy (non-hydrogen) atoms. The minimum atomic E-state index is 0.116. The predicted molar refractivity (Wildman–Crippen MR) is 66.7 cm³/mol. The molecule has 0 aromatic rings. The number of ether oxygens (including phenoxy) is 1. The summed E-state index contributed by atoms with van der Waals surface area (Å²) in [7, 11) is 4.45. The van der Waals surface area contributed by atoms with Crippen molar-refractivity contribution in [3.8, 4) is 0 Å². The molecule has 1 atom stereocenters. The largest absolute Gasteiger partial charge is 0.376 e. The summed E-state index contributed by atoms with van der Waals surface area (Å²) in [5.41, 5.74) is 0.116. The third-order valence-electron chi connectivity index (χ3n) is 3.38. The van der Waals surface area contributed by atoms with Crippen LogP contribution in [0.4, 0.5) is 0 Å². The number of rotatable bonds is 6. The molecule has 0 bridgehead atoms. The van der Waals surface area contributed by atoms with E-state index in [-0.39, 0.29) is 5.60 Å². The van der Waals surface area contributed by atoms with Crippen LogP contribution in [0.15, 0.2) is 0 Å². The molecule has 3 heteroatoms. The fourth-order valence-corrected chi connectivity index (χ4v) is 2.51. The summed E-state index contributed by atoms with van der Waals surface area (Å²) in [4.78, 5) is 1.56. The number of hydrogen-bond acceptors (Lipinski definition) is 1. The maximum atomic E-state index is 5.74. The van der Waals surface area contributed by atoms with E-state index in [1.165, 1.54) is 38.9 Å². The Bertz CT molecular complexity index is 192. The van der Waals surface area contributed by atoms with Gasteiger partial charge in [-0.2, -0.15) is 0 Å². The third kappa shape index (κ3) is 5.83. The van der Waals surface area contributed by atoms with E-state index in [1.54, 1.807) is 4.90 Å². The van der Waals surface area contributed by atoms with E-state index in [1.807, 2.05) is 0 Å². The molecule has 1 saturated heterocycles. The van der Waals surface area contributed by atoms with Gasteiger partial charge in [0.2, 0.25) is 0 Å². The van der Waals surface area contributed by atoms with Crippen molar-refractivity contribution in [1.29, 1.82) is 0 Å². The fourth-order valence-electron chi connectivity index (χ4n) is 2.51. The molecule has 1 aliphatic rings. The van der Waals surface area contributed by atoms with Crippen molar-refractivity contribution < 1.29 is 15.0 Å². The topological polar surface area (TPSA) is 30.3 Å². The van der Waals surface area contributed by atoms with Gasteiger partial charge in [-0.3, -0.25) is 0 Å². The number of quaternary nitrogens is 2. The first-order valence-corrected chi connectivity index (χ1v) is 6.74. The Hall–Kier alpha value is -0.120. The lowest BCUT2D eigenvalue weighted by molar-refractivity contribution is -0.860. The van der Waals surface area contributed by atoms with Crippen LogP contribution in [0.3, 0.4) is 0 Å². The summed E-state index contributed by atoms with van der Waals surface area (Å²) in [6.07, 6.45) is 3.80. The van der Waals surface area contributed by atoms with Gasteiger partial charge < -0.3 is 15.0 Å². The number of hydrogen-bond donors (Lipinski definition) is 2. The van der Waals surface area contributed by atoms with Crippen molar-refractivity contribution in [3.63, 3.8) is 0 Å². The molecular formula is C13H30N2O+2. The lowest BCUT2D eigenvalue weighted by Gasteiger charge is -2.34. The van der Waals surface area contributed by atoms with Crippen LogP contribution in [-0.2, 0) is 4.74 Å². The molecule has 1 rings (SSSR count). The molecule has 0 radical (unpaired) electrons.